The minimum Gasteiger partial charge on any atom is -0.345 e. The number of aryl methyl sites for hydroxylation is 1. The third kappa shape index (κ3) is 5.64. The SMILES string of the molecule is CCC(NC(=O)c1ccc(S(=O)(=O)NCCC#N)cc1)c1ccc(C)cc1. The number of nitrogens with one attached hydrogen (secondary N) is 2. The summed E-state index contributed by atoms with van der Waals surface area (Å²) in [6, 6.07) is 15.5. The molecule has 0 radical (unpaired) electrons. The Morgan fingerprint density at radius 2 is 1.74 bits per heavy atom. The lowest BCUT2D eigenvalue weighted by Crippen LogP contribution is -2.28. The van der Waals surface area contributed by atoms with Gasteiger partial charge in [0.1, 0.15) is 0 Å². The summed E-state index contributed by atoms with van der Waals surface area (Å²) in [6.07, 6.45) is 0.835. The molecule has 0 saturated carbocycles. The van der Waals surface area contributed by atoms with Crippen molar-refractivity contribution in [1.82, 2.24) is 10.0 Å². The van der Waals surface area contributed by atoms with Gasteiger partial charge in [-0.25, -0.2) is 13.1 Å². The summed E-state index contributed by atoms with van der Waals surface area (Å²) in [7, 11) is -3.68. The van der Waals surface area contributed by atoms with E-state index in [1.165, 1.54) is 24.3 Å². The average Bonchev–Trinajstić information content (AvgIpc) is 2.67. The van der Waals surface area contributed by atoms with E-state index in [1.54, 1.807) is 0 Å². The highest BCUT2D eigenvalue weighted by Gasteiger charge is 2.17. The predicted molar refractivity (Wildman–Crippen MR) is 104 cm³/mol. The number of hydrogen-bond donors (Lipinski definition) is 2. The van der Waals surface area contributed by atoms with Gasteiger partial charge in [0.25, 0.3) is 5.91 Å². The van der Waals surface area contributed by atoms with Gasteiger partial charge < -0.3 is 5.32 Å². The van der Waals surface area contributed by atoms with E-state index >= 15 is 0 Å². The Balaban J connectivity index is 2.08. The number of nitrogens with zero attached hydrogens (tertiary/aromatic N) is 1. The van der Waals surface area contributed by atoms with Crippen LogP contribution in [0.15, 0.2) is 53.4 Å². The minimum atomic E-state index is -3.68. The molecule has 0 aliphatic rings. The van der Waals surface area contributed by atoms with Crippen molar-refractivity contribution in [3.05, 3.63) is 65.2 Å². The Hall–Kier alpha value is -2.69. The van der Waals surface area contributed by atoms with Gasteiger partial charge in [-0.05, 0) is 43.2 Å². The van der Waals surface area contributed by atoms with Crippen molar-refractivity contribution in [2.75, 3.05) is 6.54 Å². The summed E-state index contributed by atoms with van der Waals surface area (Å²) >= 11 is 0. The molecule has 1 amide bonds. The van der Waals surface area contributed by atoms with Gasteiger partial charge in [-0.3, -0.25) is 4.79 Å². The maximum atomic E-state index is 12.5. The minimum absolute atomic E-state index is 0.0514. The third-order valence-corrected chi connectivity index (χ3v) is 5.63. The molecule has 27 heavy (non-hydrogen) atoms. The summed E-state index contributed by atoms with van der Waals surface area (Å²) in [4.78, 5) is 12.6. The van der Waals surface area contributed by atoms with Crippen molar-refractivity contribution in [3.8, 4) is 6.07 Å². The topological polar surface area (TPSA) is 99.1 Å². The number of rotatable bonds is 8. The Kier molecular flexibility index (Phi) is 7.11. The fraction of sp³-hybridized carbons (Fsp3) is 0.300. The normalized spacial score (nSPS) is 12.2. The van der Waals surface area contributed by atoms with Crippen molar-refractivity contribution < 1.29 is 13.2 Å². The van der Waals surface area contributed by atoms with Crippen LogP contribution in [0, 0.1) is 18.3 Å². The van der Waals surface area contributed by atoms with Crippen molar-refractivity contribution >= 4 is 15.9 Å². The zero-order valence-corrected chi connectivity index (χ0v) is 16.2. The van der Waals surface area contributed by atoms with Crippen LogP contribution in [-0.4, -0.2) is 20.9 Å². The highest BCUT2D eigenvalue weighted by molar-refractivity contribution is 7.89. The van der Waals surface area contributed by atoms with Gasteiger partial charge in [-0.1, -0.05) is 36.8 Å². The van der Waals surface area contributed by atoms with Crippen LogP contribution in [0.5, 0.6) is 0 Å². The third-order valence-electron chi connectivity index (χ3n) is 4.15. The quantitative estimate of drug-likeness (QED) is 0.682. The molecule has 0 saturated heterocycles. The first-order chi connectivity index (χ1) is 12.9. The second-order valence-electron chi connectivity index (χ2n) is 6.18. The first kappa shape index (κ1) is 20.6. The highest BCUT2D eigenvalue weighted by atomic mass is 32.2. The molecule has 0 spiro atoms. The van der Waals surface area contributed by atoms with Crippen LogP contribution in [0.3, 0.4) is 0 Å². The first-order valence-corrected chi connectivity index (χ1v) is 10.2. The lowest BCUT2D eigenvalue weighted by molar-refractivity contribution is 0.0935. The van der Waals surface area contributed by atoms with Crippen molar-refractivity contribution in [2.24, 2.45) is 0 Å². The lowest BCUT2D eigenvalue weighted by Gasteiger charge is -2.18. The zero-order valence-electron chi connectivity index (χ0n) is 15.4. The Morgan fingerprint density at radius 3 is 2.30 bits per heavy atom. The number of carbonyl (C=O) groups is 1. The molecule has 0 aromatic heterocycles. The second kappa shape index (κ2) is 9.31. The monoisotopic (exact) mass is 385 g/mol. The number of hydrogen-bond acceptors (Lipinski definition) is 4. The standard InChI is InChI=1S/C20H23N3O3S/c1-3-19(16-7-5-15(2)6-8-16)23-20(24)17-9-11-18(12-10-17)27(25,26)22-14-4-13-21/h5-12,19,22H,3-4,14H2,1-2H3,(H,23,24). The van der Waals surface area contributed by atoms with Crippen LogP contribution >= 0.6 is 0 Å². The van der Waals surface area contributed by atoms with E-state index in [0.29, 0.717) is 5.56 Å². The highest BCUT2D eigenvalue weighted by Crippen LogP contribution is 2.18. The van der Waals surface area contributed by atoms with Crippen LogP contribution in [0.25, 0.3) is 0 Å². The van der Waals surface area contributed by atoms with E-state index in [4.69, 9.17) is 5.26 Å². The van der Waals surface area contributed by atoms with Gasteiger partial charge >= 0.3 is 0 Å². The lowest BCUT2D eigenvalue weighted by atomic mass is 10.0. The number of amides is 1. The number of nitriles is 1. The molecule has 6 nitrogen and oxygen atoms in total. The smallest absolute Gasteiger partial charge is 0.251 e. The molecule has 0 fully saturated rings. The maximum absolute atomic E-state index is 12.5. The Morgan fingerprint density at radius 1 is 1.11 bits per heavy atom. The maximum Gasteiger partial charge on any atom is 0.251 e. The van der Waals surface area contributed by atoms with Crippen molar-refractivity contribution in [2.45, 2.75) is 37.6 Å². The van der Waals surface area contributed by atoms with Gasteiger partial charge in [0.2, 0.25) is 10.0 Å². The van der Waals surface area contributed by atoms with Crippen LogP contribution in [0.4, 0.5) is 0 Å². The van der Waals surface area contributed by atoms with Crippen LogP contribution in [-0.2, 0) is 10.0 Å². The number of benzene rings is 2. The molecule has 2 rings (SSSR count). The summed E-state index contributed by atoms with van der Waals surface area (Å²) < 4.78 is 26.5. The molecule has 0 heterocycles. The molecule has 2 N–H and O–H groups in total. The van der Waals surface area contributed by atoms with Gasteiger partial charge in [0.15, 0.2) is 0 Å². The molecule has 1 atom stereocenters. The summed E-state index contributed by atoms with van der Waals surface area (Å²) in [5.74, 6) is -0.260. The van der Waals surface area contributed by atoms with Crippen molar-refractivity contribution in [3.63, 3.8) is 0 Å². The van der Waals surface area contributed by atoms with Crippen LogP contribution in [0.1, 0.15) is 47.3 Å². The molecule has 2 aromatic rings. The number of carbonyl (C=O) groups excluding carboxylic acids is 1. The zero-order chi connectivity index (χ0) is 19.9. The van der Waals surface area contributed by atoms with E-state index < -0.39 is 10.0 Å². The van der Waals surface area contributed by atoms with Crippen molar-refractivity contribution in [1.29, 1.82) is 5.26 Å². The molecular formula is C20H23N3O3S. The predicted octanol–water partition coefficient (Wildman–Crippen LogP) is 3.07. The fourth-order valence-electron chi connectivity index (χ4n) is 2.57. The second-order valence-corrected chi connectivity index (χ2v) is 7.94. The van der Waals surface area contributed by atoms with Crippen LogP contribution < -0.4 is 10.0 Å². The molecule has 0 aliphatic heterocycles. The van der Waals surface area contributed by atoms with Gasteiger partial charge in [0.05, 0.1) is 17.0 Å². The Labute approximate surface area is 160 Å². The molecular weight excluding hydrogens is 362 g/mol. The van der Waals surface area contributed by atoms with Gasteiger partial charge in [0, 0.05) is 18.5 Å². The van der Waals surface area contributed by atoms with Gasteiger partial charge in [-0.2, -0.15) is 5.26 Å². The fourth-order valence-corrected chi connectivity index (χ4v) is 3.60. The molecule has 0 bridgehead atoms. The van der Waals surface area contributed by atoms with E-state index in [9.17, 15) is 13.2 Å². The number of sulfonamides is 1. The van der Waals surface area contributed by atoms with Gasteiger partial charge in [-0.15, -0.1) is 0 Å². The first-order valence-electron chi connectivity index (χ1n) is 8.71. The molecule has 142 valence electrons. The molecule has 2 aromatic carbocycles. The van der Waals surface area contributed by atoms with E-state index in [2.05, 4.69) is 10.0 Å². The molecule has 1 unspecified atom stereocenters. The Bertz CT molecular complexity index is 914. The average molecular weight is 385 g/mol. The van der Waals surface area contributed by atoms with E-state index in [0.717, 1.165) is 17.5 Å². The summed E-state index contributed by atoms with van der Waals surface area (Å²) in [5, 5.41) is 11.5. The van der Waals surface area contributed by atoms with E-state index in [-0.39, 0.29) is 29.8 Å². The van der Waals surface area contributed by atoms with E-state index in [1.807, 2.05) is 44.2 Å². The summed E-state index contributed by atoms with van der Waals surface area (Å²) in [6.45, 7) is 4.05. The van der Waals surface area contributed by atoms with Crippen LogP contribution in [0.2, 0.25) is 0 Å². The largest absolute Gasteiger partial charge is 0.345 e. The molecule has 0 aliphatic carbocycles. The molecule has 7 heteroatoms. The summed E-state index contributed by atoms with van der Waals surface area (Å²) in [5.41, 5.74) is 2.56.